The molecule has 0 unspecified atom stereocenters. The summed E-state index contributed by atoms with van der Waals surface area (Å²) >= 11 is 5.20. The van der Waals surface area contributed by atoms with Gasteiger partial charge in [0.1, 0.15) is 12.4 Å². The molecule has 5 heteroatoms. The number of rotatable bonds is 6. The lowest BCUT2D eigenvalue weighted by Crippen LogP contribution is -2.35. The van der Waals surface area contributed by atoms with Crippen LogP contribution in [0.15, 0.2) is 84.9 Å². The van der Waals surface area contributed by atoms with Crippen molar-refractivity contribution in [1.29, 1.82) is 0 Å². The van der Waals surface area contributed by atoms with Gasteiger partial charge in [-0.2, -0.15) is 0 Å². The van der Waals surface area contributed by atoms with Crippen LogP contribution in [-0.2, 0) is 17.8 Å². The molecule has 136 valence electrons. The first-order valence-corrected chi connectivity index (χ1v) is 9.01. The predicted octanol–water partition coefficient (Wildman–Crippen LogP) is 4.32. The van der Waals surface area contributed by atoms with Gasteiger partial charge >= 0.3 is 0 Å². The molecule has 3 rings (SSSR count). The molecule has 0 aliphatic carbocycles. The summed E-state index contributed by atoms with van der Waals surface area (Å²) in [5.74, 6) is 0.616. The number of amides is 1. The van der Waals surface area contributed by atoms with Crippen LogP contribution in [0.25, 0.3) is 0 Å². The molecule has 0 atom stereocenters. The van der Waals surface area contributed by atoms with Gasteiger partial charge in [-0.25, -0.2) is 0 Å². The first-order valence-electron chi connectivity index (χ1n) is 8.60. The molecule has 0 spiro atoms. The van der Waals surface area contributed by atoms with Gasteiger partial charge in [0.25, 0.3) is 0 Å². The van der Waals surface area contributed by atoms with Crippen molar-refractivity contribution in [3.63, 3.8) is 0 Å². The summed E-state index contributed by atoms with van der Waals surface area (Å²) in [5, 5.41) is 5.96. The Labute approximate surface area is 164 Å². The molecule has 0 aliphatic rings. The summed E-state index contributed by atoms with van der Waals surface area (Å²) in [6.07, 6.45) is 0.287. The van der Waals surface area contributed by atoms with Crippen molar-refractivity contribution < 1.29 is 9.53 Å². The summed E-state index contributed by atoms with van der Waals surface area (Å²) in [4.78, 5) is 12.0. The first kappa shape index (κ1) is 18.6. The van der Waals surface area contributed by atoms with Crippen molar-refractivity contribution in [2.75, 3.05) is 5.32 Å². The molecular formula is C22H20N2O2S. The van der Waals surface area contributed by atoms with Crippen molar-refractivity contribution in [3.05, 3.63) is 96.1 Å². The normalized spacial score (nSPS) is 10.1. The lowest BCUT2D eigenvalue weighted by Gasteiger charge is -2.11. The lowest BCUT2D eigenvalue weighted by atomic mass is 10.1. The standard InChI is InChI=1S/C22H20N2O2S/c25-21(15-17-7-3-1-4-8-17)24-22(27)23-19-11-13-20(14-12-19)26-16-18-9-5-2-6-10-18/h1-14H,15-16H2,(H2,23,24,25,27). The Balaban J connectivity index is 1.46. The molecule has 27 heavy (non-hydrogen) atoms. The van der Waals surface area contributed by atoms with Crippen molar-refractivity contribution in [2.24, 2.45) is 0 Å². The quantitative estimate of drug-likeness (QED) is 0.629. The smallest absolute Gasteiger partial charge is 0.230 e. The van der Waals surface area contributed by atoms with Gasteiger partial charge in [-0.1, -0.05) is 60.7 Å². The minimum absolute atomic E-state index is 0.151. The average Bonchev–Trinajstić information content (AvgIpc) is 2.69. The van der Waals surface area contributed by atoms with Gasteiger partial charge in [0.15, 0.2) is 5.11 Å². The van der Waals surface area contributed by atoms with Gasteiger partial charge in [-0.3, -0.25) is 4.79 Å². The molecule has 0 fully saturated rings. The van der Waals surface area contributed by atoms with E-state index in [0.29, 0.717) is 6.61 Å². The number of anilines is 1. The minimum atomic E-state index is -0.151. The molecule has 3 aromatic carbocycles. The van der Waals surface area contributed by atoms with Gasteiger partial charge in [0.2, 0.25) is 5.91 Å². The van der Waals surface area contributed by atoms with E-state index in [-0.39, 0.29) is 17.4 Å². The van der Waals surface area contributed by atoms with E-state index in [0.717, 1.165) is 22.6 Å². The Kier molecular flexibility index (Phi) is 6.55. The third-order valence-corrected chi connectivity index (χ3v) is 4.03. The predicted molar refractivity (Wildman–Crippen MR) is 112 cm³/mol. The molecule has 0 aliphatic heterocycles. The van der Waals surface area contributed by atoms with E-state index < -0.39 is 0 Å². The second-order valence-electron chi connectivity index (χ2n) is 5.96. The Morgan fingerprint density at radius 3 is 2.04 bits per heavy atom. The number of hydrogen-bond acceptors (Lipinski definition) is 3. The summed E-state index contributed by atoms with van der Waals surface area (Å²) in [6, 6.07) is 27.0. The second-order valence-corrected chi connectivity index (χ2v) is 6.37. The molecule has 4 nitrogen and oxygen atoms in total. The van der Waals surface area contributed by atoms with Crippen molar-refractivity contribution >= 4 is 28.9 Å². The molecule has 0 saturated heterocycles. The highest BCUT2D eigenvalue weighted by atomic mass is 32.1. The molecule has 1 amide bonds. The summed E-state index contributed by atoms with van der Waals surface area (Å²) in [6.45, 7) is 0.515. The van der Waals surface area contributed by atoms with Crippen LogP contribution in [0.5, 0.6) is 5.75 Å². The largest absolute Gasteiger partial charge is 0.489 e. The molecule has 3 aromatic rings. The molecule has 0 heterocycles. The van der Waals surface area contributed by atoms with Crippen LogP contribution in [0.2, 0.25) is 0 Å². The van der Waals surface area contributed by atoms with Crippen LogP contribution < -0.4 is 15.4 Å². The zero-order valence-corrected chi connectivity index (χ0v) is 15.5. The highest BCUT2D eigenvalue weighted by Gasteiger charge is 2.06. The molecule has 0 aromatic heterocycles. The van der Waals surface area contributed by atoms with Gasteiger partial charge in [0, 0.05) is 5.69 Å². The third kappa shape index (κ3) is 6.24. The minimum Gasteiger partial charge on any atom is -0.489 e. The molecular weight excluding hydrogens is 356 g/mol. The molecule has 0 saturated carbocycles. The van der Waals surface area contributed by atoms with E-state index in [2.05, 4.69) is 10.6 Å². The first-order chi connectivity index (χ1) is 13.2. The van der Waals surface area contributed by atoms with Crippen LogP contribution in [0.3, 0.4) is 0 Å². The van der Waals surface area contributed by atoms with Crippen LogP contribution in [-0.4, -0.2) is 11.0 Å². The third-order valence-electron chi connectivity index (χ3n) is 3.82. The van der Waals surface area contributed by atoms with Crippen LogP contribution in [0, 0.1) is 0 Å². The monoisotopic (exact) mass is 376 g/mol. The van der Waals surface area contributed by atoms with Crippen LogP contribution >= 0.6 is 12.2 Å². The summed E-state index contributed by atoms with van der Waals surface area (Å²) in [5.41, 5.74) is 2.84. The average molecular weight is 376 g/mol. The maximum atomic E-state index is 12.0. The number of carbonyl (C=O) groups is 1. The second kappa shape index (κ2) is 9.50. The zero-order chi connectivity index (χ0) is 18.9. The molecule has 0 bridgehead atoms. The number of hydrogen-bond donors (Lipinski definition) is 2. The van der Waals surface area contributed by atoms with E-state index in [1.54, 1.807) is 0 Å². The van der Waals surface area contributed by atoms with Crippen molar-refractivity contribution in [1.82, 2.24) is 5.32 Å². The highest BCUT2D eigenvalue weighted by molar-refractivity contribution is 7.80. The maximum Gasteiger partial charge on any atom is 0.230 e. The van der Waals surface area contributed by atoms with E-state index >= 15 is 0 Å². The van der Waals surface area contributed by atoms with Gasteiger partial charge in [0.05, 0.1) is 6.42 Å². The van der Waals surface area contributed by atoms with E-state index in [4.69, 9.17) is 17.0 Å². The Hall–Kier alpha value is -3.18. The number of benzene rings is 3. The number of ether oxygens (including phenoxy) is 1. The Bertz CT molecular complexity index is 881. The van der Waals surface area contributed by atoms with E-state index in [1.807, 2.05) is 84.9 Å². The van der Waals surface area contributed by atoms with E-state index in [9.17, 15) is 4.79 Å². The van der Waals surface area contributed by atoms with Gasteiger partial charge in [-0.15, -0.1) is 0 Å². The van der Waals surface area contributed by atoms with Crippen LogP contribution in [0.4, 0.5) is 5.69 Å². The lowest BCUT2D eigenvalue weighted by molar-refractivity contribution is -0.119. The SMILES string of the molecule is O=C(Cc1ccccc1)NC(=S)Nc1ccc(OCc2ccccc2)cc1. The summed E-state index contributed by atoms with van der Waals surface area (Å²) in [7, 11) is 0. The number of carbonyl (C=O) groups excluding carboxylic acids is 1. The maximum absolute atomic E-state index is 12.0. The molecule has 0 radical (unpaired) electrons. The van der Waals surface area contributed by atoms with Crippen LogP contribution in [0.1, 0.15) is 11.1 Å². The van der Waals surface area contributed by atoms with Gasteiger partial charge < -0.3 is 15.4 Å². The Morgan fingerprint density at radius 2 is 1.41 bits per heavy atom. The zero-order valence-electron chi connectivity index (χ0n) is 14.7. The number of nitrogens with one attached hydrogen (secondary N) is 2. The fourth-order valence-corrected chi connectivity index (χ4v) is 2.72. The van der Waals surface area contributed by atoms with E-state index in [1.165, 1.54) is 0 Å². The topological polar surface area (TPSA) is 50.4 Å². The van der Waals surface area contributed by atoms with Gasteiger partial charge in [-0.05, 0) is 47.6 Å². The fraction of sp³-hybridized carbons (Fsp3) is 0.0909. The number of thiocarbonyl (C=S) groups is 1. The fourth-order valence-electron chi connectivity index (χ4n) is 2.49. The summed E-state index contributed by atoms with van der Waals surface area (Å²) < 4.78 is 5.75. The molecule has 2 N–H and O–H groups in total. The van der Waals surface area contributed by atoms with Crippen molar-refractivity contribution in [3.8, 4) is 5.75 Å². The Morgan fingerprint density at radius 1 is 0.815 bits per heavy atom. The van der Waals surface area contributed by atoms with Crippen molar-refractivity contribution in [2.45, 2.75) is 13.0 Å². The highest BCUT2D eigenvalue weighted by Crippen LogP contribution is 2.17.